The van der Waals surface area contributed by atoms with Crippen LogP contribution in [0.2, 0.25) is 0 Å². The number of rotatable bonds is 2. The third-order valence-electron chi connectivity index (χ3n) is 2.68. The Morgan fingerprint density at radius 3 is 2.94 bits per heavy atom. The van der Waals surface area contributed by atoms with E-state index >= 15 is 0 Å². The number of hydrogen-bond donors (Lipinski definition) is 1. The summed E-state index contributed by atoms with van der Waals surface area (Å²) in [6.07, 6.45) is 0.297. The van der Waals surface area contributed by atoms with Crippen molar-refractivity contribution in [1.29, 1.82) is 0 Å². The molecular formula is C10H13N3O3. The number of fused-ring (bicyclic) bond motifs is 1. The number of aryl methyl sites for hydroxylation is 2. The molecule has 6 nitrogen and oxygen atoms in total. The zero-order chi connectivity index (χ0) is 11.9. The lowest BCUT2D eigenvalue weighted by molar-refractivity contribution is -0.139. The molecule has 6 heteroatoms. The molecule has 1 N–H and O–H groups in total. The van der Waals surface area contributed by atoms with E-state index < -0.39 is 12.0 Å². The SMILES string of the molecule is Cc1cc2n(n1)CCC(=O)N2[C@@H](C)C(=O)O. The lowest BCUT2D eigenvalue weighted by atomic mass is 10.2. The van der Waals surface area contributed by atoms with E-state index in [1.54, 1.807) is 10.7 Å². The number of carboxylic acid groups (broad SMARTS) is 1. The van der Waals surface area contributed by atoms with Crippen LogP contribution in [0.15, 0.2) is 6.07 Å². The molecule has 1 amide bonds. The molecule has 0 unspecified atom stereocenters. The van der Waals surface area contributed by atoms with E-state index in [2.05, 4.69) is 5.10 Å². The maximum atomic E-state index is 11.7. The Balaban J connectivity index is 2.44. The fourth-order valence-electron chi connectivity index (χ4n) is 1.86. The number of carboxylic acids is 1. The molecule has 0 fully saturated rings. The summed E-state index contributed by atoms with van der Waals surface area (Å²) in [5, 5.41) is 13.2. The number of anilines is 1. The van der Waals surface area contributed by atoms with E-state index in [9.17, 15) is 9.59 Å². The highest BCUT2D eigenvalue weighted by atomic mass is 16.4. The number of hydrogen-bond acceptors (Lipinski definition) is 3. The van der Waals surface area contributed by atoms with Crippen LogP contribution in [-0.2, 0) is 16.1 Å². The molecule has 0 spiro atoms. The van der Waals surface area contributed by atoms with E-state index in [-0.39, 0.29) is 5.91 Å². The molecule has 0 bridgehead atoms. The molecule has 1 aliphatic rings. The highest BCUT2D eigenvalue weighted by Crippen LogP contribution is 2.24. The van der Waals surface area contributed by atoms with Gasteiger partial charge >= 0.3 is 5.97 Å². The molecule has 2 rings (SSSR count). The van der Waals surface area contributed by atoms with E-state index in [0.29, 0.717) is 18.8 Å². The number of carbonyl (C=O) groups is 2. The minimum atomic E-state index is -1.01. The van der Waals surface area contributed by atoms with Crippen LogP contribution in [0.4, 0.5) is 5.82 Å². The quantitative estimate of drug-likeness (QED) is 0.787. The van der Waals surface area contributed by atoms with Crippen molar-refractivity contribution < 1.29 is 14.7 Å². The molecule has 0 aromatic carbocycles. The van der Waals surface area contributed by atoms with Gasteiger partial charge in [-0.1, -0.05) is 0 Å². The third-order valence-corrected chi connectivity index (χ3v) is 2.68. The van der Waals surface area contributed by atoms with Crippen molar-refractivity contribution >= 4 is 17.7 Å². The van der Waals surface area contributed by atoms with E-state index in [0.717, 1.165) is 5.69 Å². The Hall–Kier alpha value is -1.85. The van der Waals surface area contributed by atoms with Gasteiger partial charge in [-0.05, 0) is 13.8 Å². The summed E-state index contributed by atoms with van der Waals surface area (Å²) in [5.74, 6) is -0.605. The highest BCUT2D eigenvalue weighted by molar-refractivity contribution is 5.99. The smallest absolute Gasteiger partial charge is 0.326 e. The van der Waals surface area contributed by atoms with Gasteiger partial charge in [-0.2, -0.15) is 5.10 Å². The van der Waals surface area contributed by atoms with Crippen molar-refractivity contribution in [2.75, 3.05) is 4.90 Å². The van der Waals surface area contributed by atoms with Crippen LogP contribution in [-0.4, -0.2) is 32.8 Å². The minimum absolute atomic E-state index is 0.165. The highest BCUT2D eigenvalue weighted by Gasteiger charge is 2.32. The van der Waals surface area contributed by atoms with Gasteiger partial charge in [0.05, 0.1) is 12.2 Å². The average molecular weight is 223 g/mol. The van der Waals surface area contributed by atoms with Crippen molar-refractivity contribution in [2.45, 2.75) is 32.9 Å². The van der Waals surface area contributed by atoms with Gasteiger partial charge in [0.2, 0.25) is 5.91 Å². The largest absolute Gasteiger partial charge is 0.480 e. The van der Waals surface area contributed by atoms with Crippen molar-refractivity contribution in [1.82, 2.24) is 9.78 Å². The first-order valence-corrected chi connectivity index (χ1v) is 5.10. The molecule has 0 aliphatic carbocycles. The molecular weight excluding hydrogens is 210 g/mol. The number of aliphatic carboxylic acids is 1. The molecule has 0 saturated carbocycles. The lowest BCUT2D eigenvalue weighted by Crippen LogP contribution is -2.47. The summed E-state index contributed by atoms with van der Waals surface area (Å²) in [6.45, 7) is 3.84. The molecule has 1 aromatic heterocycles. The molecule has 1 aliphatic heterocycles. The van der Waals surface area contributed by atoms with Crippen molar-refractivity contribution in [3.63, 3.8) is 0 Å². The zero-order valence-corrected chi connectivity index (χ0v) is 9.17. The van der Waals surface area contributed by atoms with Crippen LogP contribution in [0.3, 0.4) is 0 Å². The topological polar surface area (TPSA) is 75.4 Å². The Kier molecular flexibility index (Phi) is 2.41. The molecule has 1 atom stereocenters. The average Bonchev–Trinajstić information content (AvgIpc) is 2.57. The predicted octanol–water partition coefficient (Wildman–Crippen LogP) is 0.401. The number of aromatic nitrogens is 2. The van der Waals surface area contributed by atoms with Gasteiger partial charge in [0, 0.05) is 12.5 Å². The second-order valence-electron chi connectivity index (χ2n) is 3.90. The van der Waals surface area contributed by atoms with E-state index in [4.69, 9.17) is 5.11 Å². The molecule has 0 saturated heterocycles. The summed E-state index contributed by atoms with van der Waals surface area (Å²) in [5.41, 5.74) is 0.785. The first-order chi connectivity index (χ1) is 7.50. The standard InChI is InChI=1S/C10H13N3O3/c1-6-5-8-12(11-6)4-3-9(14)13(8)7(2)10(15)16/h5,7H,3-4H2,1-2H3,(H,15,16)/t7-/m0/s1. The molecule has 16 heavy (non-hydrogen) atoms. The van der Waals surface area contributed by atoms with Gasteiger partial charge in [-0.15, -0.1) is 0 Å². The maximum Gasteiger partial charge on any atom is 0.326 e. The number of nitrogens with zero attached hydrogens (tertiary/aromatic N) is 3. The monoisotopic (exact) mass is 223 g/mol. The van der Waals surface area contributed by atoms with Gasteiger partial charge in [-0.3, -0.25) is 9.69 Å². The molecule has 0 radical (unpaired) electrons. The zero-order valence-electron chi connectivity index (χ0n) is 9.17. The van der Waals surface area contributed by atoms with Gasteiger partial charge in [0.1, 0.15) is 11.9 Å². The van der Waals surface area contributed by atoms with E-state index in [1.165, 1.54) is 11.8 Å². The van der Waals surface area contributed by atoms with Gasteiger partial charge < -0.3 is 5.11 Å². The van der Waals surface area contributed by atoms with Crippen LogP contribution in [0.5, 0.6) is 0 Å². The molecule has 2 heterocycles. The Bertz CT molecular complexity index is 452. The predicted molar refractivity (Wildman–Crippen MR) is 56.2 cm³/mol. The maximum absolute atomic E-state index is 11.7. The summed E-state index contributed by atoms with van der Waals surface area (Å²) >= 11 is 0. The van der Waals surface area contributed by atoms with Crippen LogP contribution < -0.4 is 4.90 Å². The fraction of sp³-hybridized carbons (Fsp3) is 0.500. The summed E-state index contributed by atoms with van der Waals surface area (Å²) in [7, 11) is 0. The summed E-state index contributed by atoms with van der Waals surface area (Å²) in [6, 6.07) is 0.874. The van der Waals surface area contributed by atoms with Crippen LogP contribution in [0.25, 0.3) is 0 Å². The fourth-order valence-corrected chi connectivity index (χ4v) is 1.86. The first-order valence-electron chi connectivity index (χ1n) is 5.10. The molecule has 86 valence electrons. The normalized spacial score (nSPS) is 17.1. The van der Waals surface area contributed by atoms with Gasteiger partial charge in [-0.25, -0.2) is 9.48 Å². The van der Waals surface area contributed by atoms with Crippen LogP contribution in [0, 0.1) is 6.92 Å². The van der Waals surface area contributed by atoms with Crippen molar-refractivity contribution in [3.05, 3.63) is 11.8 Å². The van der Waals surface area contributed by atoms with Crippen LogP contribution >= 0.6 is 0 Å². The summed E-state index contributed by atoms with van der Waals surface area (Å²) in [4.78, 5) is 24.0. The van der Waals surface area contributed by atoms with Crippen molar-refractivity contribution in [2.24, 2.45) is 0 Å². The van der Waals surface area contributed by atoms with E-state index in [1.807, 2.05) is 6.92 Å². The Morgan fingerprint density at radius 1 is 1.62 bits per heavy atom. The molecule has 1 aromatic rings. The first kappa shape index (κ1) is 10.7. The van der Waals surface area contributed by atoms with Crippen molar-refractivity contribution in [3.8, 4) is 0 Å². The second kappa shape index (κ2) is 3.62. The lowest BCUT2D eigenvalue weighted by Gasteiger charge is -2.30. The van der Waals surface area contributed by atoms with Gasteiger partial charge in [0.25, 0.3) is 0 Å². The number of amides is 1. The Morgan fingerprint density at radius 2 is 2.31 bits per heavy atom. The van der Waals surface area contributed by atoms with Crippen LogP contribution in [0.1, 0.15) is 19.0 Å². The minimum Gasteiger partial charge on any atom is -0.480 e. The van der Waals surface area contributed by atoms with Gasteiger partial charge in [0.15, 0.2) is 0 Å². The third kappa shape index (κ3) is 1.56. The number of carbonyl (C=O) groups excluding carboxylic acids is 1. The Labute approximate surface area is 92.5 Å². The second-order valence-corrected chi connectivity index (χ2v) is 3.90. The summed E-state index contributed by atoms with van der Waals surface area (Å²) < 4.78 is 1.68.